The van der Waals surface area contributed by atoms with E-state index in [1.165, 1.54) is 12.1 Å². The van der Waals surface area contributed by atoms with Crippen molar-refractivity contribution in [2.24, 2.45) is 5.73 Å². The SMILES string of the molecule is CC(C)(C)ON(CC(O)[C@@H](N)Cc1ccccc1)S(=O)(=O)c1ccccc1. The van der Waals surface area contributed by atoms with Crippen molar-refractivity contribution in [3.8, 4) is 0 Å². The molecular formula is C20H28N2O4S. The normalized spacial score (nSPS) is 14.9. The van der Waals surface area contributed by atoms with E-state index in [-0.39, 0.29) is 11.4 Å². The van der Waals surface area contributed by atoms with Crippen LogP contribution in [0.5, 0.6) is 0 Å². The molecule has 148 valence electrons. The standard InChI is InChI=1S/C20H28N2O4S/c1-20(2,3)26-22(27(24,25)17-12-8-5-9-13-17)15-19(23)18(21)14-16-10-6-4-7-11-16/h4-13,18-19,23H,14-15,21H2,1-3H3/t18-,19?/m0/s1. The van der Waals surface area contributed by atoms with Crippen LogP contribution in [-0.2, 0) is 21.3 Å². The summed E-state index contributed by atoms with van der Waals surface area (Å²) in [5.74, 6) is 0. The van der Waals surface area contributed by atoms with Crippen LogP contribution < -0.4 is 5.73 Å². The monoisotopic (exact) mass is 392 g/mol. The number of nitrogens with two attached hydrogens (primary N) is 1. The van der Waals surface area contributed by atoms with Crippen molar-refractivity contribution in [3.05, 3.63) is 66.2 Å². The summed E-state index contributed by atoms with van der Waals surface area (Å²) in [7, 11) is -3.94. The van der Waals surface area contributed by atoms with Crippen LogP contribution in [-0.4, -0.2) is 42.3 Å². The first kappa shape index (κ1) is 21.5. The van der Waals surface area contributed by atoms with Gasteiger partial charge in [0.25, 0.3) is 10.0 Å². The molecule has 0 aliphatic rings. The average Bonchev–Trinajstić information content (AvgIpc) is 2.61. The molecule has 2 rings (SSSR count). The molecule has 2 aromatic carbocycles. The van der Waals surface area contributed by atoms with E-state index in [0.29, 0.717) is 6.42 Å². The van der Waals surface area contributed by atoms with Gasteiger partial charge in [-0.3, -0.25) is 4.84 Å². The van der Waals surface area contributed by atoms with E-state index < -0.39 is 27.8 Å². The molecule has 0 aliphatic carbocycles. The van der Waals surface area contributed by atoms with Crippen molar-refractivity contribution in [1.29, 1.82) is 0 Å². The highest BCUT2D eigenvalue weighted by molar-refractivity contribution is 7.89. The molecule has 2 aromatic rings. The summed E-state index contributed by atoms with van der Waals surface area (Å²) in [4.78, 5) is 5.75. The highest BCUT2D eigenvalue weighted by Crippen LogP contribution is 2.21. The lowest BCUT2D eigenvalue weighted by molar-refractivity contribution is -0.180. The number of rotatable bonds is 8. The second kappa shape index (κ2) is 8.95. The third-order valence-corrected chi connectivity index (χ3v) is 5.46. The molecule has 27 heavy (non-hydrogen) atoms. The molecule has 0 heterocycles. The van der Waals surface area contributed by atoms with Crippen LogP contribution in [0.4, 0.5) is 0 Å². The lowest BCUT2D eigenvalue weighted by Crippen LogP contribution is -2.48. The van der Waals surface area contributed by atoms with E-state index >= 15 is 0 Å². The van der Waals surface area contributed by atoms with E-state index in [0.717, 1.165) is 10.0 Å². The van der Waals surface area contributed by atoms with Gasteiger partial charge in [-0.1, -0.05) is 53.0 Å². The van der Waals surface area contributed by atoms with Gasteiger partial charge in [0.05, 0.1) is 23.1 Å². The quantitative estimate of drug-likeness (QED) is 0.673. The number of aliphatic hydroxyl groups excluding tert-OH is 1. The zero-order chi connectivity index (χ0) is 20.1. The highest BCUT2D eigenvalue weighted by Gasteiger charge is 2.33. The van der Waals surface area contributed by atoms with E-state index in [2.05, 4.69) is 0 Å². The van der Waals surface area contributed by atoms with Gasteiger partial charge in [0.1, 0.15) is 0 Å². The van der Waals surface area contributed by atoms with Crippen molar-refractivity contribution in [3.63, 3.8) is 0 Å². The van der Waals surface area contributed by atoms with E-state index in [4.69, 9.17) is 10.6 Å². The zero-order valence-electron chi connectivity index (χ0n) is 15.9. The number of nitrogens with zero attached hydrogens (tertiary/aromatic N) is 1. The largest absolute Gasteiger partial charge is 0.390 e. The number of hydrogen-bond acceptors (Lipinski definition) is 5. The smallest absolute Gasteiger partial charge is 0.265 e. The number of hydroxylamine groups is 1. The maximum absolute atomic E-state index is 13.0. The fourth-order valence-electron chi connectivity index (χ4n) is 2.51. The first-order chi connectivity index (χ1) is 12.6. The molecule has 1 unspecified atom stereocenters. The predicted octanol–water partition coefficient (Wildman–Crippen LogP) is 2.34. The molecule has 0 saturated heterocycles. The summed E-state index contributed by atoms with van der Waals surface area (Å²) >= 11 is 0. The van der Waals surface area contributed by atoms with Crippen LogP contribution in [0.3, 0.4) is 0 Å². The van der Waals surface area contributed by atoms with Crippen LogP contribution in [0, 0.1) is 0 Å². The van der Waals surface area contributed by atoms with Gasteiger partial charge in [0.2, 0.25) is 0 Å². The fraction of sp³-hybridized carbons (Fsp3) is 0.400. The third-order valence-electron chi connectivity index (χ3n) is 3.83. The van der Waals surface area contributed by atoms with Crippen molar-refractivity contribution in [2.45, 2.75) is 49.8 Å². The van der Waals surface area contributed by atoms with Gasteiger partial charge < -0.3 is 10.8 Å². The van der Waals surface area contributed by atoms with Gasteiger partial charge in [-0.25, -0.2) is 8.42 Å². The van der Waals surface area contributed by atoms with Crippen molar-refractivity contribution < 1.29 is 18.4 Å². The zero-order valence-corrected chi connectivity index (χ0v) is 16.8. The van der Waals surface area contributed by atoms with Crippen LogP contribution >= 0.6 is 0 Å². The summed E-state index contributed by atoms with van der Waals surface area (Å²) in [6.45, 7) is 4.98. The highest BCUT2D eigenvalue weighted by atomic mass is 32.2. The van der Waals surface area contributed by atoms with Crippen LogP contribution in [0.15, 0.2) is 65.6 Å². The minimum Gasteiger partial charge on any atom is -0.390 e. The molecule has 0 radical (unpaired) electrons. The minimum atomic E-state index is -3.94. The van der Waals surface area contributed by atoms with Gasteiger partial charge in [-0.15, -0.1) is 0 Å². The number of sulfonamides is 1. The Bertz CT molecular complexity index is 805. The van der Waals surface area contributed by atoms with Crippen LogP contribution in [0.25, 0.3) is 0 Å². The van der Waals surface area contributed by atoms with Crippen molar-refractivity contribution in [1.82, 2.24) is 4.47 Å². The topological polar surface area (TPSA) is 92.9 Å². The first-order valence-corrected chi connectivity index (χ1v) is 10.3. The van der Waals surface area contributed by atoms with Crippen LogP contribution in [0.2, 0.25) is 0 Å². The van der Waals surface area contributed by atoms with E-state index in [1.54, 1.807) is 39.0 Å². The molecule has 0 bridgehead atoms. The molecule has 6 nitrogen and oxygen atoms in total. The fourth-order valence-corrected chi connectivity index (χ4v) is 3.92. The Morgan fingerprint density at radius 1 is 1.04 bits per heavy atom. The number of hydrogen-bond donors (Lipinski definition) is 2. The summed E-state index contributed by atoms with van der Waals surface area (Å²) < 4.78 is 26.8. The average molecular weight is 393 g/mol. The Labute approximate surface area is 161 Å². The molecule has 3 N–H and O–H groups in total. The van der Waals surface area contributed by atoms with Crippen LogP contribution in [0.1, 0.15) is 26.3 Å². The summed E-state index contributed by atoms with van der Waals surface area (Å²) in [5.41, 5.74) is 6.33. The molecule has 0 amide bonds. The molecular weight excluding hydrogens is 364 g/mol. The summed E-state index contributed by atoms with van der Waals surface area (Å²) in [6, 6.07) is 16.9. The predicted molar refractivity (Wildman–Crippen MR) is 105 cm³/mol. The maximum Gasteiger partial charge on any atom is 0.265 e. The van der Waals surface area contributed by atoms with Crippen molar-refractivity contribution >= 4 is 10.0 Å². The second-order valence-electron chi connectivity index (χ2n) is 7.43. The number of benzene rings is 2. The Morgan fingerprint density at radius 2 is 1.56 bits per heavy atom. The van der Waals surface area contributed by atoms with Crippen molar-refractivity contribution in [2.75, 3.05) is 6.54 Å². The maximum atomic E-state index is 13.0. The lowest BCUT2D eigenvalue weighted by Gasteiger charge is -2.31. The van der Waals surface area contributed by atoms with Gasteiger partial charge in [0, 0.05) is 6.04 Å². The van der Waals surface area contributed by atoms with Gasteiger partial charge in [0.15, 0.2) is 0 Å². The first-order valence-electron chi connectivity index (χ1n) is 8.84. The second-order valence-corrected chi connectivity index (χ2v) is 9.26. The van der Waals surface area contributed by atoms with Gasteiger partial charge >= 0.3 is 0 Å². The Kier molecular flexibility index (Phi) is 7.13. The third kappa shape index (κ3) is 6.41. The lowest BCUT2D eigenvalue weighted by atomic mass is 10.0. The molecule has 7 heteroatoms. The van der Waals surface area contributed by atoms with E-state index in [9.17, 15) is 13.5 Å². The summed E-state index contributed by atoms with van der Waals surface area (Å²) in [6.07, 6.45) is -0.664. The molecule has 0 saturated carbocycles. The Morgan fingerprint density at radius 3 is 2.07 bits per heavy atom. The molecule has 0 aromatic heterocycles. The molecule has 0 aliphatic heterocycles. The van der Waals surface area contributed by atoms with Gasteiger partial charge in [-0.2, -0.15) is 0 Å². The Balaban J connectivity index is 2.19. The van der Waals surface area contributed by atoms with E-state index in [1.807, 2.05) is 30.3 Å². The van der Waals surface area contributed by atoms with Gasteiger partial charge in [-0.05, 0) is 44.9 Å². The Hall–Kier alpha value is -1.77. The molecule has 0 fully saturated rings. The molecule has 0 spiro atoms. The minimum absolute atomic E-state index is 0.0954. The number of aliphatic hydroxyl groups is 1. The molecule has 2 atom stereocenters. The summed E-state index contributed by atoms with van der Waals surface area (Å²) in [5, 5.41) is 10.5.